The van der Waals surface area contributed by atoms with E-state index in [-0.39, 0.29) is 17.4 Å². The van der Waals surface area contributed by atoms with Gasteiger partial charge in [-0.1, -0.05) is 6.07 Å². The van der Waals surface area contributed by atoms with E-state index in [0.717, 1.165) is 31.6 Å². The van der Waals surface area contributed by atoms with E-state index in [1.54, 1.807) is 23.9 Å². The van der Waals surface area contributed by atoms with Crippen molar-refractivity contribution in [3.63, 3.8) is 0 Å². The molecule has 0 amide bonds. The van der Waals surface area contributed by atoms with Gasteiger partial charge in [-0.05, 0) is 31.0 Å². The number of piperidine rings is 1. The lowest BCUT2D eigenvalue weighted by Crippen LogP contribution is -2.42. The van der Waals surface area contributed by atoms with Crippen molar-refractivity contribution in [3.8, 4) is 0 Å². The van der Waals surface area contributed by atoms with Gasteiger partial charge in [0.05, 0.1) is 6.20 Å². The number of aryl methyl sites for hydroxylation is 1. The average Bonchev–Trinajstić information content (AvgIpc) is 2.97. The molecule has 1 aromatic carbocycles. The van der Waals surface area contributed by atoms with Gasteiger partial charge in [0.15, 0.2) is 5.65 Å². The molecular weight excluding hydrogens is 323 g/mol. The number of halogens is 1. The van der Waals surface area contributed by atoms with Crippen LogP contribution in [0.3, 0.4) is 0 Å². The molecule has 1 aliphatic rings. The van der Waals surface area contributed by atoms with Crippen molar-refractivity contribution in [2.24, 2.45) is 7.05 Å². The topological polar surface area (TPSA) is 78.8 Å². The maximum atomic E-state index is 13.5. The molecule has 0 aliphatic carbocycles. The van der Waals surface area contributed by atoms with Crippen LogP contribution in [0.15, 0.2) is 35.3 Å². The van der Waals surface area contributed by atoms with Crippen LogP contribution < -0.4 is 15.8 Å². The van der Waals surface area contributed by atoms with E-state index in [0.29, 0.717) is 17.0 Å². The molecule has 3 aromatic rings. The lowest BCUT2D eigenvalue weighted by atomic mass is 10.0. The molecule has 2 N–H and O–H groups in total. The maximum absolute atomic E-state index is 13.5. The van der Waals surface area contributed by atoms with E-state index in [1.807, 2.05) is 6.07 Å². The summed E-state index contributed by atoms with van der Waals surface area (Å²) in [6, 6.07) is 6.74. The first-order valence-corrected chi connectivity index (χ1v) is 8.29. The fourth-order valence-electron chi connectivity index (χ4n) is 3.30. The van der Waals surface area contributed by atoms with Crippen molar-refractivity contribution in [2.75, 3.05) is 23.3 Å². The van der Waals surface area contributed by atoms with Crippen molar-refractivity contribution < 1.29 is 4.39 Å². The third-order valence-corrected chi connectivity index (χ3v) is 4.54. The van der Waals surface area contributed by atoms with Crippen molar-refractivity contribution in [1.82, 2.24) is 19.7 Å². The molecule has 1 atom stereocenters. The number of aromatic nitrogens is 4. The third kappa shape index (κ3) is 3.07. The van der Waals surface area contributed by atoms with Gasteiger partial charge in [0.25, 0.3) is 5.56 Å². The van der Waals surface area contributed by atoms with Gasteiger partial charge in [0.1, 0.15) is 11.2 Å². The number of rotatable bonds is 3. The Morgan fingerprint density at radius 3 is 3.12 bits per heavy atom. The molecular formula is C17H19FN6O. The zero-order chi connectivity index (χ0) is 17.4. The summed E-state index contributed by atoms with van der Waals surface area (Å²) in [5.41, 5.74) is 1.21. The average molecular weight is 342 g/mol. The van der Waals surface area contributed by atoms with E-state index < -0.39 is 0 Å². The fraction of sp³-hybridized carbons (Fsp3) is 0.353. The van der Waals surface area contributed by atoms with E-state index in [2.05, 4.69) is 25.3 Å². The number of aromatic amines is 1. The Kier molecular flexibility index (Phi) is 3.87. The van der Waals surface area contributed by atoms with E-state index in [4.69, 9.17) is 0 Å². The molecule has 0 saturated carbocycles. The van der Waals surface area contributed by atoms with Crippen LogP contribution in [0.2, 0.25) is 0 Å². The summed E-state index contributed by atoms with van der Waals surface area (Å²) in [6.07, 6.45) is 3.45. The summed E-state index contributed by atoms with van der Waals surface area (Å²) in [7, 11) is 1.75. The number of hydrogen-bond donors (Lipinski definition) is 2. The highest BCUT2D eigenvalue weighted by Gasteiger charge is 2.21. The molecule has 1 aliphatic heterocycles. The van der Waals surface area contributed by atoms with Gasteiger partial charge in [-0.3, -0.25) is 14.5 Å². The smallest absolute Gasteiger partial charge is 0.263 e. The highest BCUT2D eigenvalue weighted by atomic mass is 19.1. The number of fused-ring (bicyclic) bond motifs is 1. The van der Waals surface area contributed by atoms with E-state index in [1.165, 1.54) is 12.3 Å². The van der Waals surface area contributed by atoms with Crippen LogP contribution in [0.4, 0.5) is 16.0 Å². The first kappa shape index (κ1) is 15.6. The van der Waals surface area contributed by atoms with Crippen LogP contribution in [0, 0.1) is 5.82 Å². The Morgan fingerprint density at radius 1 is 1.40 bits per heavy atom. The van der Waals surface area contributed by atoms with Crippen molar-refractivity contribution >= 4 is 22.7 Å². The summed E-state index contributed by atoms with van der Waals surface area (Å²) < 4.78 is 15.0. The van der Waals surface area contributed by atoms with Gasteiger partial charge in [0.2, 0.25) is 5.95 Å². The van der Waals surface area contributed by atoms with Gasteiger partial charge in [-0.25, -0.2) is 4.39 Å². The molecule has 0 radical (unpaired) electrons. The summed E-state index contributed by atoms with van der Waals surface area (Å²) in [5.74, 6) is 0.201. The molecule has 8 heteroatoms. The standard InChI is InChI=1S/C17H19FN6O/c1-23-15-14(9-19-23)16(25)22-17(21-15)20-12-5-3-7-24(10-12)13-6-2-4-11(18)8-13/h2,4,6,8-9,12H,3,5,7,10H2,1H3,(H2,20,21,22,25). The molecule has 3 heterocycles. The van der Waals surface area contributed by atoms with Crippen molar-refractivity contribution in [2.45, 2.75) is 18.9 Å². The second-order valence-corrected chi connectivity index (χ2v) is 6.33. The Hall–Kier alpha value is -2.90. The Morgan fingerprint density at radius 2 is 2.28 bits per heavy atom. The first-order chi connectivity index (χ1) is 12.1. The summed E-state index contributed by atoms with van der Waals surface area (Å²) in [6.45, 7) is 1.60. The Balaban J connectivity index is 1.54. The van der Waals surface area contributed by atoms with Crippen LogP contribution in [0.5, 0.6) is 0 Å². The van der Waals surface area contributed by atoms with Crippen molar-refractivity contribution in [1.29, 1.82) is 0 Å². The maximum Gasteiger partial charge on any atom is 0.263 e. The number of nitrogens with zero attached hydrogens (tertiary/aromatic N) is 4. The van der Waals surface area contributed by atoms with E-state index in [9.17, 15) is 9.18 Å². The van der Waals surface area contributed by atoms with E-state index >= 15 is 0 Å². The molecule has 4 rings (SSSR count). The molecule has 25 heavy (non-hydrogen) atoms. The normalized spacial score (nSPS) is 17.8. The third-order valence-electron chi connectivity index (χ3n) is 4.54. The van der Waals surface area contributed by atoms with Crippen LogP contribution in [-0.4, -0.2) is 38.9 Å². The summed E-state index contributed by atoms with van der Waals surface area (Å²) in [5, 5.41) is 7.84. The number of H-pyrrole nitrogens is 1. The predicted octanol–water partition coefficient (Wildman–Crippen LogP) is 1.88. The molecule has 1 saturated heterocycles. The van der Waals surface area contributed by atoms with Crippen LogP contribution in [0.25, 0.3) is 11.0 Å². The van der Waals surface area contributed by atoms with Crippen LogP contribution in [-0.2, 0) is 7.05 Å². The lowest BCUT2D eigenvalue weighted by Gasteiger charge is -2.34. The van der Waals surface area contributed by atoms with Crippen LogP contribution >= 0.6 is 0 Å². The zero-order valence-corrected chi connectivity index (χ0v) is 13.9. The highest BCUT2D eigenvalue weighted by Crippen LogP contribution is 2.22. The molecule has 7 nitrogen and oxygen atoms in total. The molecule has 130 valence electrons. The summed E-state index contributed by atoms with van der Waals surface area (Å²) in [4.78, 5) is 21.5. The SMILES string of the molecule is Cn1ncc2c(=O)[nH]c(NC3CCCN(c4cccc(F)c4)C3)nc21. The molecule has 0 bridgehead atoms. The highest BCUT2D eigenvalue weighted by molar-refractivity contribution is 5.74. The molecule has 1 fully saturated rings. The first-order valence-electron chi connectivity index (χ1n) is 8.29. The molecule has 2 aromatic heterocycles. The van der Waals surface area contributed by atoms with Gasteiger partial charge >= 0.3 is 0 Å². The minimum absolute atomic E-state index is 0.117. The zero-order valence-electron chi connectivity index (χ0n) is 13.9. The number of benzene rings is 1. The second-order valence-electron chi connectivity index (χ2n) is 6.33. The van der Waals surface area contributed by atoms with Gasteiger partial charge in [-0.2, -0.15) is 10.1 Å². The quantitative estimate of drug-likeness (QED) is 0.760. The lowest BCUT2D eigenvalue weighted by molar-refractivity contribution is 0.526. The fourth-order valence-corrected chi connectivity index (χ4v) is 3.30. The Labute approximate surface area is 143 Å². The largest absolute Gasteiger partial charge is 0.369 e. The number of anilines is 2. The monoisotopic (exact) mass is 342 g/mol. The second kappa shape index (κ2) is 6.19. The molecule has 0 spiro atoms. The molecule has 1 unspecified atom stereocenters. The van der Waals surface area contributed by atoms with Crippen LogP contribution in [0.1, 0.15) is 12.8 Å². The number of hydrogen-bond acceptors (Lipinski definition) is 5. The summed E-state index contributed by atoms with van der Waals surface area (Å²) >= 11 is 0. The van der Waals surface area contributed by atoms with Gasteiger partial charge in [-0.15, -0.1) is 0 Å². The predicted molar refractivity (Wildman–Crippen MR) is 94.4 cm³/mol. The van der Waals surface area contributed by atoms with Gasteiger partial charge < -0.3 is 10.2 Å². The minimum Gasteiger partial charge on any atom is -0.369 e. The minimum atomic E-state index is -0.236. The van der Waals surface area contributed by atoms with Crippen molar-refractivity contribution in [3.05, 3.63) is 46.6 Å². The van der Waals surface area contributed by atoms with Gasteiger partial charge in [0, 0.05) is 31.9 Å². The Bertz CT molecular complexity index is 965. The number of nitrogens with one attached hydrogen (secondary N) is 2.